The van der Waals surface area contributed by atoms with Crippen LogP contribution in [0.4, 0.5) is 0 Å². The van der Waals surface area contributed by atoms with E-state index in [-0.39, 0.29) is 22.0 Å². The second-order valence-electron chi connectivity index (χ2n) is 8.23. The molecule has 0 radical (unpaired) electrons. The molecule has 6 heteroatoms. The highest BCUT2D eigenvalue weighted by atomic mass is 32.2. The minimum atomic E-state index is -1.41. The van der Waals surface area contributed by atoms with Gasteiger partial charge in [0.1, 0.15) is 0 Å². The fourth-order valence-electron chi connectivity index (χ4n) is 3.70. The van der Waals surface area contributed by atoms with Crippen molar-refractivity contribution in [2.75, 3.05) is 14.2 Å². The standard InChI is InChI=1S/C18H26O5S/c1-17(2,3)11-12(18(4,5)6)14-10(16(20)23-8)9(15(19)22-7)13(11)24(14)21/h13-14H,1-8H3/t13-,14+,24?. The van der Waals surface area contributed by atoms with E-state index in [0.717, 1.165) is 11.1 Å². The fourth-order valence-corrected chi connectivity index (χ4v) is 6.31. The molecule has 0 aliphatic carbocycles. The first kappa shape index (κ1) is 18.9. The summed E-state index contributed by atoms with van der Waals surface area (Å²) in [5.74, 6) is -1.21. The Bertz CT molecular complexity index is 629. The largest absolute Gasteiger partial charge is 0.466 e. The van der Waals surface area contributed by atoms with Gasteiger partial charge in [-0.05, 0) is 22.0 Å². The molecule has 0 saturated heterocycles. The van der Waals surface area contributed by atoms with E-state index in [1.807, 2.05) is 41.5 Å². The second kappa shape index (κ2) is 5.83. The van der Waals surface area contributed by atoms with Crippen molar-refractivity contribution < 1.29 is 23.3 Å². The van der Waals surface area contributed by atoms with Crippen LogP contribution in [0.5, 0.6) is 0 Å². The van der Waals surface area contributed by atoms with Gasteiger partial charge in [0.25, 0.3) is 0 Å². The Hall–Kier alpha value is -1.43. The van der Waals surface area contributed by atoms with E-state index in [2.05, 4.69) is 0 Å². The van der Waals surface area contributed by atoms with Crippen molar-refractivity contribution in [1.82, 2.24) is 0 Å². The Labute approximate surface area is 145 Å². The average molecular weight is 354 g/mol. The van der Waals surface area contributed by atoms with Gasteiger partial charge in [0.15, 0.2) is 0 Å². The van der Waals surface area contributed by atoms with Gasteiger partial charge in [0.05, 0.1) is 35.9 Å². The quantitative estimate of drug-likeness (QED) is 0.563. The molecule has 2 aliphatic heterocycles. The third kappa shape index (κ3) is 2.65. The van der Waals surface area contributed by atoms with Gasteiger partial charge in [-0.2, -0.15) is 0 Å². The van der Waals surface area contributed by atoms with E-state index >= 15 is 0 Å². The third-order valence-electron chi connectivity index (χ3n) is 4.52. The molecule has 2 heterocycles. The second-order valence-corrected chi connectivity index (χ2v) is 9.83. The predicted octanol–water partition coefficient (Wildman–Crippen LogP) is 2.53. The molecule has 0 fully saturated rings. The zero-order valence-corrected chi connectivity index (χ0v) is 16.4. The highest BCUT2D eigenvalue weighted by Crippen LogP contribution is 2.56. The van der Waals surface area contributed by atoms with Gasteiger partial charge in [0, 0.05) is 10.8 Å². The molecule has 2 rings (SSSR count). The number of esters is 2. The number of hydrogen-bond acceptors (Lipinski definition) is 5. The van der Waals surface area contributed by atoms with Crippen LogP contribution in [0.15, 0.2) is 22.3 Å². The number of fused-ring (bicyclic) bond motifs is 2. The first-order valence-electron chi connectivity index (χ1n) is 7.93. The summed E-state index contributed by atoms with van der Waals surface area (Å²) in [6.07, 6.45) is 0. The molecular formula is C18H26O5S. The molecular weight excluding hydrogens is 328 g/mol. The first-order chi connectivity index (χ1) is 10.9. The van der Waals surface area contributed by atoms with E-state index < -0.39 is 33.2 Å². The number of methoxy groups -OCH3 is 2. The fraction of sp³-hybridized carbons (Fsp3) is 0.667. The maximum Gasteiger partial charge on any atom is 0.335 e. The molecule has 2 aliphatic rings. The summed E-state index contributed by atoms with van der Waals surface area (Å²) in [6.45, 7) is 12.2. The highest BCUT2D eigenvalue weighted by molar-refractivity contribution is 7.88. The van der Waals surface area contributed by atoms with Crippen molar-refractivity contribution in [1.29, 1.82) is 0 Å². The van der Waals surface area contributed by atoms with Crippen LogP contribution in [0.25, 0.3) is 0 Å². The van der Waals surface area contributed by atoms with Gasteiger partial charge in [-0.25, -0.2) is 9.59 Å². The van der Waals surface area contributed by atoms with Crippen LogP contribution < -0.4 is 0 Å². The summed E-state index contributed by atoms with van der Waals surface area (Å²) in [7, 11) is 1.13. The number of hydrogen-bond donors (Lipinski definition) is 0. The molecule has 0 spiro atoms. The molecule has 5 nitrogen and oxygen atoms in total. The summed E-state index contributed by atoms with van der Waals surface area (Å²) in [5.41, 5.74) is 1.80. The Morgan fingerprint density at radius 1 is 0.792 bits per heavy atom. The lowest BCUT2D eigenvalue weighted by atomic mass is 9.68. The summed E-state index contributed by atoms with van der Waals surface area (Å²) < 4.78 is 22.9. The first-order valence-corrected chi connectivity index (χ1v) is 9.20. The van der Waals surface area contributed by atoms with E-state index in [1.165, 1.54) is 14.2 Å². The Balaban J connectivity index is 2.81. The third-order valence-corrected chi connectivity index (χ3v) is 6.39. The minimum absolute atomic E-state index is 0.200. The predicted molar refractivity (Wildman–Crippen MR) is 92.7 cm³/mol. The van der Waals surface area contributed by atoms with E-state index in [0.29, 0.717) is 0 Å². The summed E-state index contributed by atoms with van der Waals surface area (Å²) in [5, 5.41) is -1.21. The molecule has 134 valence electrons. The van der Waals surface area contributed by atoms with Crippen LogP contribution >= 0.6 is 0 Å². The number of rotatable bonds is 2. The maximum atomic E-state index is 13.2. The Morgan fingerprint density at radius 2 is 1.08 bits per heavy atom. The lowest BCUT2D eigenvalue weighted by Crippen LogP contribution is -2.33. The van der Waals surface area contributed by atoms with Crippen molar-refractivity contribution in [2.45, 2.75) is 52.0 Å². The molecule has 0 saturated carbocycles. The summed E-state index contributed by atoms with van der Waals surface area (Å²) in [6, 6.07) is 0. The van der Waals surface area contributed by atoms with E-state index in [4.69, 9.17) is 9.47 Å². The number of carbonyl (C=O) groups is 2. The van der Waals surface area contributed by atoms with Gasteiger partial charge >= 0.3 is 11.9 Å². The monoisotopic (exact) mass is 354 g/mol. The van der Waals surface area contributed by atoms with Crippen LogP contribution in [-0.4, -0.2) is 40.9 Å². The van der Waals surface area contributed by atoms with Crippen molar-refractivity contribution in [2.24, 2.45) is 10.8 Å². The zero-order chi connectivity index (χ0) is 18.6. The molecule has 24 heavy (non-hydrogen) atoms. The van der Waals surface area contributed by atoms with Crippen LogP contribution in [0.1, 0.15) is 41.5 Å². The number of carbonyl (C=O) groups excluding carboxylic acids is 2. The maximum absolute atomic E-state index is 13.2. The van der Waals surface area contributed by atoms with Crippen LogP contribution in [0.3, 0.4) is 0 Å². The van der Waals surface area contributed by atoms with Gasteiger partial charge in [-0.15, -0.1) is 0 Å². The molecule has 0 amide bonds. The summed E-state index contributed by atoms with van der Waals surface area (Å²) >= 11 is 0. The van der Waals surface area contributed by atoms with Crippen LogP contribution in [-0.2, 0) is 29.9 Å². The van der Waals surface area contributed by atoms with E-state index in [9.17, 15) is 13.8 Å². The Kier molecular flexibility index (Phi) is 4.59. The SMILES string of the molecule is COC(=O)C1=C(C(=O)OC)[C@H]2C(C(C)(C)C)=C(C(C)(C)C)[C@@H]1S2=O. The molecule has 3 atom stereocenters. The van der Waals surface area contributed by atoms with Crippen molar-refractivity contribution in [3.8, 4) is 0 Å². The van der Waals surface area contributed by atoms with Gasteiger partial charge in [-0.3, -0.25) is 4.21 Å². The topological polar surface area (TPSA) is 69.7 Å². The Morgan fingerprint density at radius 3 is 1.29 bits per heavy atom. The molecule has 0 N–H and O–H groups in total. The lowest BCUT2D eigenvalue weighted by molar-refractivity contribution is -0.139. The smallest absolute Gasteiger partial charge is 0.335 e. The lowest BCUT2D eigenvalue weighted by Gasteiger charge is -2.35. The molecule has 1 unspecified atom stereocenters. The zero-order valence-electron chi connectivity index (χ0n) is 15.6. The molecule has 0 aromatic carbocycles. The van der Waals surface area contributed by atoms with Crippen LogP contribution in [0.2, 0.25) is 0 Å². The highest BCUT2D eigenvalue weighted by Gasteiger charge is 2.59. The van der Waals surface area contributed by atoms with Gasteiger partial charge < -0.3 is 9.47 Å². The van der Waals surface area contributed by atoms with Gasteiger partial charge in [-0.1, -0.05) is 41.5 Å². The molecule has 2 bridgehead atoms. The normalized spacial score (nSPS) is 26.9. The van der Waals surface area contributed by atoms with Crippen LogP contribution in [0, 0.1) is 10.8 Å². The van der Waals surface area contributed by atoms with Crippen molar-refractivity contribution >= 4 is 22.7 Å². The average Bonchev–Trinajstić information content (AvgIpc) is 2.92. The van der Waals surface area contributed by atoms with Crippen molar-refractivity contribution in [3.63, 3.8) is 0 Å². The summed E-state index contributed by atoms with van der Waals surface area (Å²) in [4.78, 5) is 24.7. The number of ether oxygens (including phenoxy) is 2. The minimum Gasteiger partial charge on any atom is -0.466 e. The molecule has 0 aromatic heterocycles. The van der Waals surface area contributed by atoms with Crippen molar-refractivity contribution in [3.05, 3.63) is 22.3 Å². The molecule has 0 aromatic rings. The van der Waals surface area contributed by atoms with Gasteiger partial charge in [0.2, 0.25) is 0 Å². The van der Waals surface area contributed by atoms with E-state index in [1.54, 1.807) is 0 Å².